The number of rotatable bonds is 7. The Kier molecular flexibility index (Phi) is 4.89. The Morgan fingerprint density at radius 1 is 1.12 bits per heavy atom. The van der Waals surface area contributed by atoms with Gasteiger partial charge in [0.05, 0.1) is 24.6 Å². The molecular formula is C25H28N4O4. The summed E-state index contributed by atoms with van der Waals surface area (Å²) in [5.41, 5.74) is 2.37. The van der Waals surface area contributed by atoms with Crippen molar-refractivity contribution in [3.05, 3.63) is 56.2 Å². The monoisotopic (exact) mass is 448 g/mol. The Balaban J connectivity index is 1.29. The molecule has 0 saturated heterocycles. The number of aromatic amines is 1. The van der Waals surface area contributed by atoms with Crippen LogP contribution < -0.4 is 25.5 Å². The lowest BCUT2D eigenvalue weighted by Crippen LogP contribution is -2.37. The minimum atomic E-state index is -0.209. The van der Waals surface area contributed by atoms with Crippen LogP contribution in [0.1, 0.15) is 36.8 Å². The van der Waals surface area contributed by atoms with Gasteiger partial charge in [-0.15, -0.1) is 0 Å². The fraction of sp³-hybridized carbons (Fsp3) is 0.480. The summed E-state index contributed by atoms with van der Waals surface area (Å²) in [4.78, 5) is 35.5. The second-order valence-corrected chi connectivity index (χ2v) is 9.56. The van der Waals surface area contributed by atoms with Crippen LogP contribution in [0.4, 0.5) is 5.95 Å². The summed E-state index contributed by atoms with van der Waals surface area (Å²) in [6.07, 6.45) is 7.37. The van der Waals surface area contributed by atoms with Crippen LogP contribution in [0.25, 0.3) is 10.9 Å². The Bertz CT molecular complexity index is 1340. The van der Waals surface area contributed by atoms with Crippen LogP contribution in [0.3, 0.4) is 0 Å². The first kappa shape index (κ1) is 20.3. The number of nitrogens with one attached hydrogen (secondary N) is 1. The predicted molar refractivity (Wildman–Crippen MR) is 125 cm³/mol. The average Bonchev–Trinajstić information content (AvgIpc) is 3.75. The number of anilines is 1. The van der Waals surface area contributed by atoms with Crippen LogP contribution in [0.2, 0.25) is 0 Å². The van der Waals surface area contributed by atoms with Crippen molar-refractivity contribution >= 4 is 16.9 Å². The molecule has 0 bridgehead atoms. The number of aromatic nitrogens is 3. The minimum Gasteiger partial charge on any atom is -0.493 e. The van der Waals surface area contributed by atoms with Crippen molar-refractivity contribution in [1.82, 2.24) is 14.5 Å². The van der Waals surface area contributed by atoms with Crippen molar-refractivity contribution < 1.29 is 9.47 Å². The molecule has 3 aliphatic rings. The smallest absolute Gasteiger partial charge is 0.260 e. The van der Waals surface area contributed by atoms with Gasteiger partial charge in [0.15, 0.2) is 11.5 Å². The molecule has 0 atom stereocenters. The second kappa shape index (κ2) is 7.93. The van der Waals surface area contributed by atoms with E-state index in [1.165, 1.54) is 25.7 Å². The highest BCUT2D eigenvalue weighted by Crippen LogP contribution is 2.35. The number of fused-ring (bicyclic) bond motifs is 2. The molecule has 1 N–H and O–H groups in total. The van der Waals surface area contributed by atoms with E-state index in [4.69, 9.17) is 14.5 Å². The SMILES string of the molecule is COc1cc2nc(N3CCc4c(ccn(CC5CC5)c4=O)C3)[nH]c(=O)c2cc1OCC1CC1. The van der Waals surface area contributed by atoms with Gasteiger partial charge in [-0.05, 0) is 61.6 Å². The highest BCUT2D eigenvalue weighted by molar-refractivity contribution is 5.82. The maximum absolute atomic E-state index is 12.9. The van der Waals surface area contributed by atoms with Crippen LogP contribution in [0.15, 0.2) is 34.0 Å². The van der Waals surface area contributed by atoms with Crippen molar-refractivity contribution in [2.75, 3.05) is 25.2 Å². The van der Waals surface area contributed by atoms with Crippen LogP contribution >= 0.6 is 0 Å². The van der Waals surface area contributed by atoms with Crippen molar-refractivity contribution in [3.8, 4) is 11.5 Å². The molecule has 0 spiro atoms. The number of ether oxygens (including phenoxy) is 2. The Labute approximate surface area is 191 Å². The highest BCUT2D eigenvalue weighted by atomic mass is 16.5. The van der Waals surface area contributed by atoms with E-state index in [0.29, 0.717) is 66.3 Å². The van der Waals surface area contributed by atoms with Crippen LogP contribution in [0.5, 0.6) is 11.5 Å². The van der Waals surface area contributed by atoms with E-state index in [9.17, 15) is 9.59 Å². The lowest BCUT2D eigenvalue weighted by atomic mass is 10.0. The van der Waals surface area contributed by atoms with E-state index in [1.807, 2.05) is 21.7 Å². The number of nitrogens with zero attached hydrogens (tertiary/aromatic N) is 3. The molecule has 6 rings (SSSR count). The summed E-state index contributed by atoms with van der Waals surface area (Å²) in [6.45, 7) is 2.64. The molecule has 0 amide bonds. The van der Waals surface area contributed by atoms with Gasteiger partial charge in [0.2, 0.25) is 5.95 Å². The fourth-order valence-electron chi connectivity index (χ4n) is 4.56. The molecule has 1 aliphatic heterocycles. The van der Waals surface area contributed by atoms with E-state index in [-0.39, 0.29) is 11.1 Å². The standard InChI is InChI=1S/C25H28N4O4/c1-32-21-11-20-19(10-22(21)33-14-16-4-5-16)23(30)27-25(26-20)29-9-7-18-17(13-29)6-8-28(24(18)31)12-15-2-3-15/h6,8,10-11,15-16H,2-5,7,9,12-14H2,1H3,(H,26,27,30). The summed E-state index contributed by atoms with van der Waals surface area (Å²) in [6, 6.07) is 5.53. The third kappa shape index (κ3) is 3.98. The molecule has 3 heterocycles. The number of benzene rings is 1. The molecule has 0 unspecified atom stereocenters. The summed E-state index contributed by atoms with van der Waals surface area (Å²) < 4.78 is 13.3. The zero-order chi connectivity index (χ0) is 22.5. The number of hydrogen-bond acceptors (Lipinski definition) is 6. The summed E-state index contributed by atoms with van der Waals surface area (Å²) in [5.74, 6) is 2.92. The molecule has 1 aromatic carbocycles. The van der Waals surface area contributed by atoms with Gasteiger partial charge < -0.3 is 18.9 Å². The molecule has 2 aromatic heterocycles. The molecule has 172 valence electrons. The Morgan fingerprint density at radius 3 is 2.70 bits per heavy atom. The number of hydrogen-bond donors (Lipinski definition) is 1. The predicted octanol–water partition coefficient (Wildman–Crippen LogP) is 2.85. The zero-order valence-corrected chi connectivity index (χ0v) is 18.8. The number of methoxy groups -OCH3 is 1. The first-order valence-corrected chi connectivity index (χ1v) is 11.8. The van der Waals surface area contributed by atoms with Gasteiger partial charge in [-0.1, -0.05) is 0 Å². The third-order valence-electron chi connectivity index (χ3n) is 6.96. The van der Waals surface area contributed by atoms with Gasteiger partial charge in [-0.3, -0.25) is 14.6 Å². The number of H-pyrrole nitrogens is 1. The molecule has 8 nitrogen and oxygen atoms in total. The van der Waals surface area contributed by atoms with Gasteiger partial charge >= 0.3 is 0 Å². The highest BCUT2D eigenvalue weighted by Gasteiger charge is 2.26. The van der Waals surface area contributed by atoms with Crippen molar-refractivity contribution in [2.45, 2.75) is 45.2 Å². The first-order chi connectivity index (χ1) is 16.1. The molecule has 0 radical (unpaired) electrons. The Morgan fingerprint density at radius 2 is 1.94 bits per heavy atom. The zero-order valence-electron chi connectivity index (χ0n) is 18.8. The van der Waals surface area contributed by atoms with E-state index >= 15 is 0 Å². The van der Waals surface area contributed by atoms with Gasteiger partial charge in [-0.2, -0.15) is 0 Å². The fourth-order valence-corrected chi connectivity index (χ4v) is 4.56. The maximum Gasteiger partial charge on any atom is 0.260 e. The lowest BCUT2D eigenvalue weighted by Gasteiger charge is -2.29. The summed E-state index contributed by atoms with van der Waals surface area (Å²) in [7, 11) is 1.59. The van der Waals surface area contributed by atoms with Gasteiger partial charge in [0, 0.05) is 37.5 Å². The first-order valence-electron chi connectivity index (χ1n) is 11.8. The molecule has 2 aliphatic carbocycles. The van der Waals surface area contributed by atoms with Gasteiger partial charge in [0.25, 0.3) is 11.1 Å². The van der Waals surface area contributed by atoms with Crippen LogP contribution in [-0.4, -0.2) is 34.8 Å². The largest absolute Gasteiger partial charge is 0.493 e. The van der Waals surface area contributed by atoms with E-state index in [2.05, 4.69) is 4.98 Å². The number of pyridine rings is 1. The Hall–Kier alpha value is -3.29. The van der Waals surface area contributed by atoms with Crippen molar-refractivity contribution in [2.24, 2.45) is 11.8 Å². The quantitative estimate of drug-likeness (QED) is 0.598. The molecule has 8 heteroatoms. The van der Waals surface area contributed by atoms with E-state index in [1.54, 1.807) is 19.2 Å². The topological polar surface area (TPSA) is 89.5 Å². The minimum absolute atomic E-state index is 0.127. The average molecular weight is 449 g/mol. The normalized spacial score (nSPS) is 17.8. The third-order valence-corrected chi connectivity index (χ3v) is 6.96. The molecule has 33 heavy (non-hydrogen) atoms. The lowest BCUT2D eigenvalue weighted by molar-refractivity contribution is 0.281. The van der Waals surface area contributed by atoms with Crippen LogP contribution in [-0.2, 0) is 19.5 Å². The molecule has 2 saturated carbocycles. The van der Waals surface area contributed by atoms with Crippen molar-refractivity contribution in [1.29, 1.82) is 0 Å². The molecule has 2 fully saturated rings. The summed E-state index contributed by atoms with van der Waals surface area (Å²) >= 11 is 0. The van der Waals surface area contributed by atoms with E-state index < -0.39 is 0 Å². The van der Waals surface area contributed by atoms with Crippen molar-refractivity contribution in [3.63, 3.8) is 0 Å². The van der Waals surface area contributed by atoms with Gasteiger partial charge in [0.1, 0.15) is 0 Å². The second-order valence-electron chi connectivity index (χ2n) is 9.56. The van der Waals surface area contributed by atoms with Crippen LogP contribution in [0, 0.1) is 11.8 Å². The summed E-state index contributed by atoms with van der Waals surface area (Å²) in [5, 5.41) is 0.478. The maximum atomic E-state index is 12.9. The van der Waals surface area contributed by atoms with E-state index in [0.717, 1.165) is 17.7 Å². The van der Waals surface area contributed by atoms with Gasteiger partial charge in [-0.25, -0.2) is 4.98 Å². The molecular weight excluding hydrogens is 420 g/mol. The molecule has 3 aromatic rings.